The Morgan fingerprint density at radius 2 is 1.61 bits per heavy atom. The number of aromatic nitrogens is 1. The van der Waals surface area contributed by atoms with Crippen LogP contribution in [-0.4, -0.2) is 18.9 Å². The lowest BCUT2D eigenvalue weighted by molar-refractivity contribution is 0.174. The van der Waals surface area contributed by atoms with Gasteiger partial charge in [-0.15, -0.1) is 0 Å². The number of hydrogen-bond donors (Lipinski definition) is 1. The maximum atomic E-state index is 6.05. The molecule has 2 aliphatic rings. The van der Waals surface area contributed by atoms with Crippen LogP contribution in [0.4, 0.5) is 0 Å². The molecule has 4 heteroatoms. The summed E-state index contributed by atoms with van der Waals surface area (Å²) in [5, 5.41) is 1.18. The SMILES string of the molecule is COc1ccccc1[C@](C1=CC=CC1)(c1ccc2c(c1)OCO2)c1[nH]c2ccccc2c1-c1ccccc1. The Bertz CT molecular complexity index is 1710. The van der Waals surface area contributed by atoms with Crippen molar-refractivity contribution in [3.05, 3.63) is 138 Å². The molecule has 38 heavy (non-hydrogen) atoms. The number of ether oxygens (including phenoxy) is 3. The number of hydrogen-bond acceptors (Lipinski definition) is 3. The Balaban J connectivity index is 1.67. The maximum absolute atomic E-state index is 6.05. The third-order valence-electron chi connectivity index (χ3n) is 7.71. The van der Waals surface area contributed by atoms with Crippen LogP contribution in [0, 0.1) is 0 Å². The number of fused-ring (bicyclic) bond motifs is 2. The third-order valence-corrected chi connectivity index (χ3v) is 7.71. The molecule has 2 heterocycles. The van der Waals surface area contributed by atoms with Crippen LogP contribution >= 0.6 is 0 Å². The fraction of sp³-hybridized carbons (Fsp3) is 0.118. The lowest BCUT2D eigenvalue weighted by Gasteiger charge is -2.38. The summed E-state index contributed by atoms with van der Waals surface area (Å²) in [6.07, 6.45) is 7.43. The summed E-state index contributed by atoms with van der Waals surface area (Å²) in [5.74, 6) is 2.35. The zero-order valence-corrected chi connectivity index (χ0v) is 21.1. The number of nitrogens with one attached hydrogen (secondary N) is 1. The summed E-state index contributed by atoms with van der Waals surface area (Å²) in [7, 11) is 1.74. The van der Waals surface area contributed by atoms with Crippen molar-refractivity contribution in [2.75, 3.05) is 13.9 Å². The highest BCUT2D eigenvalue weighted by molar-refractivity contribution is 5.99. The molecule has 4 aromatic carbocycles. The lowest BCUT2D eigenvalue weighted by Crippen LogP contribution is -2.33. The average molecular weight is 498 g/mol. The summed E-state index contributed by atoms with van der Waals surface area (Å²) < 4.78 is 17.7. The van der Waals surface area contributed by atoms with E-state index in [0.29, 0.717) is 0 Å². The normalized spacial score (nSPS) is 15.4. The van der Waals surface area contributed by atoms with Crippen molar-refractivity contribution in [2.24, 2.45) is 0 Å². The molecule has 1 aliphatic carbocycles. The Morgan fingerprint density at radius 1 is 0.816 bits per heavy atom. The third kappa shape index (κ3) is 3.30. The molecule has 0 amide bonds. The largest absolute Gasteiger partial charge is 0.496 e. The molecule has 0 unspecified atom stereocenters. The molecule has 1 N–H and O–H groups in total. The first-order chi connectivity index (χ1) is 18.8. The fourth-order valence-corrected chi connectivity index (χ4v) is 6.09. The van der Waals surface area contributed by atoms with Gasteiger partial charge < -0.3 is 19.2 Å². The van der Waals surface area contributed by atoms with Gasteiger partial charge in [0.2, 0.25) is 6.79 Å². The molecule has 0 spiro atoms. The second kappa shape index (κ2) is 9.00. The lowest BCUT2D eigenvalue weighted by atomic mass is 9.64. The summed E-state index contributed by atoms with van der Waals surface area (Å²) in [6, 6.07) is 33.8. The summed E-state index contributed by atoms with van der Waals surface area (Å²) in [6.45, 7) is 0.229. The minimum Gasteiger partial charge on any atom is -0.496 e. The van der Waals surface area contributed by atoms with Gasteiger partial charge in [0.1, 0.15) is 5.75 Å². The minimum atomic E-state index is -0.693. The Morgan fingerprint density at radius 3 is 2.45 bits per heavy atom. The van der Waals surface area contributed by atoms with Gasteiger partial charge in [0.15, 0.2) is 11.5 Å². The first-order valence-corrected chi connectivity index (χ1v) is 12.9. The van der Waals surface area contributed by atoms with E-state index in [-0.39, 0.29) is 6.79 Å². The van der Waals surface area contributed by atoms with Crippen molar-refractivity contribution in [1.82, 2.24) is 4.98 Å². The van der Waals surface area contributed by atoms with Crippen LogP contribution in [0.15, 0.2) is 121 Å². The van der Waals surface area contributed by atoms with Crippen molar-refractivity contribution in [3.63, 3.8) is 0 Å². The molecule has 0 radical (unpaired) electrons. The molecule has 0 bridgehead atoms. The van der Waals surface area contributed by atoms with E-state index in [1.165, 1.54) is 16.5 Å². The highest BCUT2D eigenvalue weighted by Crippen LogP contribution is 2.55. The number of benzene rings is 4. The van der Waals surface area contributed by atoms with Gasteiger partial charge in [0, 0.05) is 27.7 Å². The molecule has 4 nitrogen and oxygen atoms in total. The maximum Gasteiger partial charge on any atom is 0.231 e. The molecule has 0 saturated heterocycles. The second-order valence-corrected chi connectivity index (χ2v) is 9.63. The van der Waals surface area contributed by atoms with Crippen molar-refractivity contribution in [1.29, 1.82) is 0 Å². The van der Waals surface area contributed by atoms with Crippen molar-refractivity contribution in [2.45, 2.75) is 11.8 Å². The summed E-state index contributed by atoms with van der Waals surface area (Å²) >= 11 is 0. The van der Waals surface area contributed by atoms with E-state index in [1.54, 1.807) is 7.11 Å². The Labute approximate surface area is 221 Å². The standard InChI is InChI=1S/C34H27NO3/c1-36-29-18-10-8-16-27(29)34(24-13-5-6-14-24,25-19-20-30-31(21-25)38-22-37-30)33-32(23-11-3-2-4-12-23)26-15-7-9-17-28(26)35-33/h2-13,15-21,35H,14,22H2,1H3/t34-/m0/s1. The number of para-hydroxylation sites is 2. The molecule has 0 fully saturated rings. The van der Waals surface area contributed by atoms with Gasteiger partial charge in [-0.2, -0.15) is 0 Å². The Kier molecular flexibility index (Phi) is 5.33. The van der Waals surface area contributed by atoms with E-state index in [0.717, 1.165) is 51.6 Å². The molecule has 1 aliphatic heterocycles. The molecular weight excluding hydrogens is 470 g/mol. The van der Waals surface area contributed by atoms with Gasteiger partial charge >= 0.3 is 0 Å². The van der Waals surface area contributed by atoms with Crippen molar-refractivity contribution < 1.29 is 14.2 Å². The van der Waals surface area contributed by atoms with Crippen LogP contribution in [0.3, 0.4) is 0 Å². The number of rotatable bonds is 6. The molecule has 7 rings (SSSR count). The predicted octanol–water partition coefficient (Wildman–Crippen LogP) is 7.79. The monoisotopic (exact) mass is 497 g/mol. The highest BCUT2D eigenvalue weighted by atomic mass is 16.7. The quantitative estimate of drug-likeness (QED) is 0.260. The van der Waals surface area contributed by atoms with E-state index in [4.69, 9.17) is 14.2 Å². The molecule has 1 aromatic heterocycles. The van der Waals surface area contributed by atoms with Gasteiger partial charge in [-0.3, -0.25) is 0 Å². The van der Waals surface area contributed by atoms with Gasteiger partial charge in [-0.1, -0.05) is 91.0 Å². The zero-order valence-electron chi connectivity index (χ0n) is 21.1. The van der Waals surface area contributed by atoms with Crippen LogP contribution in [0.1, 0.15) is 23.2 Å². The fourth-order valence-electron chi connectivity index (χ4n) is 6.09. The van der Waals surface area contributed by atoms with Crippen LogP contribution in [0.2, 0.25) is 0 Å². The van der Waals surface area contributed by atoms with Crippen LogP contribution in [0.25, 0.3) is 22.0 Å². The van der Waals surface area contributed by atoms with Crippen LogP contribution in [0.5, 0.6) is 17.2 Å². The van der Waals surface area contributed by atoms with Gasteiger partial charge in [0.05, 0.1) is 12.5 Å². The van der Waals surface area contributed by atoms with Gasteiger partial charge in [-0.25, -0.2) is 0 Å². The molecule has 0 saturated carbocycles. The minimum absolute atomic E-state index is 0.229. The Hall–Kier alpha value is -4.70. The average Bonchev–Trinajstić information content (AvgIpc) is 3.75. The van der Waals surface area contributed by atoms with E-state index in [1.807, 2.05) is 18.2 Å². The predicted molar refractivity (Wildman–Crippen MR) is 151 cm³/mol. The van der Waals surface area contributed by atoms with Crippen LogP contribution in [-0.2, 0) is 5.41 Å². The van der Waals surface area contributed by atoms with Crippen LogP contribution < -0.4 is 14.2 Å². The topological polar surface area (TPSA) is 43.5 Å². The molecule has 1 atom stereocenters. The van der Waals surface area contributed by atoms with Gasteiger partial charge in [-0.05, 0) is 47.4 Å². The second-order valence-electron chi connectivity index (χ2n) is 9.63. The van der Waals surface area contributed by atoms with E-state index in [2.05, 4.69) is 102 Å². The first-order valence-electron chi connectivity index (χ1n) is 12.9. The molecule has 5 aromatic rings. The van der Waals surface area contributed by atoms with Crippen molar-refractivity contribution in [3.8, 4) is 28.4 Å². The summed E-state index contributed by atoms with van der Waals surface area (Å²) in [4.78, 5) is 3.90. The summed E-state index contributed by atoms with van der Waals surface area (Å²) in [5.41, 5.74) is 7.25. The first kappa shape index (κ1) is 22.5. The molecule has 186 valence electrons. The number of aromatic amines is 1. The smallest absolute Gasteiger partial charge is 0.231 e. The van der Waals surface area contributed by atoms with E-state index < -0.39 is 5.41 Å². The van der Waals surface area contributed by atoms with E-state index in [9.17, 15) is 0 Å². The highest BCUT2D eigenvalue weighted by Gasteiger charge is 2.46. The van der Waals surface area contributed by atoms with E-state index >= 15 is 0 Å². The number of H-pyrrole nitrogens is 1. The van der Waals surface area contributed by atoms with Crippen molar-refractivity contribution >= 4 is 10.9 Å². The molecular formula is C34H27NO3. The number of methoxy groups -OCH3 is 1. The van der Waals surface area contributed by atoms with Gasteiger partial charge in [0.25, 0.3) is 0 Å². The number of allylic oxidation sites excluding steroid dienone is 4. The zero-order chi connectivity index (χ0) is 25.5.